The van der Waals surface area contributed by atoms with E-state index < -0.39 is 5.97 Å². The Morgan fingerprint density at radius 3 is 2.65 bits per heavy atom. The first-order valence-electron chi connectivity index (χ1n) is 6.53. The molecule has 108 valence electrons. The first-order valence-corrected chi connectivity index (χ1v) is 7.33. The monoisotopic (exact) mass is 340 g/mol. The fourth-order valence-electron chi connectivity index (χ4n) is 2.07. The van der Waals surface area contributed by atoms with Gasteiger partial charge < -0.3 is 15.7 Å². The van der Waals surface area contributed by atoms with E-state index in [1.54, 1.807) is 12.1 Å². The molecule has 0 saturated heterocycles. The first kappa shape index (κ1) is 14.8. The molecule has 0 unspecified atom stereocenters. The number of anilines is 1. The highest BCUT2D eigenvalue weighted by molar-refractivity contribution is 9.10. The number of carbonyl (C=O) groups excluding carboxylic acids is 1. The lowest BCUT2D eigenvalue weighted by Crippen LogP contribution is -2.34. The molecular formula is C14H17BrN2O3. The molecule has 0 atom stereocenters. The van der Waals surface area contributed by atoms with Crippen LogP contribution in [-0.2, 0) is 0 Å². The lowest BCUT2D eigenvalue weighted by molar-refractivity contribution is 0.0698. The zero-order chi connectivity index (χ0) is 14.8. The maximum absolute atomic E-state index is 11.8. The molecule has 1 aromatic carbocycles. The van der Waals surface area contributed by atoms with E-state index in [-0.39, 0.29) is 17.0 Å². The van der Waals surface area contributed by atoms with Crippen molar-refractivity contribution in [2.75, 3.05) is 11.9 Å². The maximum Gasteiger partial charge on any atom is 0.337 e. The van der Waals surface area contributed by atoms with Crippen molar-refractivity contribution in [2.24, 2.45) is 5.41 Å². The number of carbonyl (C=O) groups is 2. The maximum atomic E-state index is 11.8. The second-order valence-corrected chi connectivity index (χ2v) is 6.07. The molecule has 5 nitrogen and oxygen atoms in total. The van der Waals surface area contributed by atoms with Gasteiger partial charge >= 0.3 is 12.0 Å². The molecule has 0 aromatic heterocycles. The van der Waals surface area contributed by atoms with Gasteiger partial charge in [-0.2, -0.15) is 0 Å². The second-order valence-electron chi connectivity index (χ2n) is 5.16. The molecule has 1 fully saturated rings. The van der Waals surface area contributed by atoms with E-state index in [1.165, 1.54) is 6.07 Å². The van der Waals surface area contributed by atoms with E-state index in [2.05, 4.69) is 33.5 Å². The molecule has 6 heteroatoms. The Labute approximate surface area is 125 Å². The number of urea groups is 1. The number of halogens is 1. The summed E-state index contributed by atoms with van der Waals surface area (Å²) in [5, 5.41) is 14.5. The smallest absolute Gasteiger partial charge is 0.337 e. The molecule has 0 spiro atoms. The summed E-state index contributed by atoms with van der Waals surface area (Å²) in [4.78, 5) is 23.0. The molecule has 0 radical (unpaired) electrons. The van der Waals surface area contributed by atoms with Crippen molar-refractivity contribution in [1.29, 1.82) is 0 Å². The number of nitrogens with one attached hydrogen (secondary N) is 2. The Kier molecular flexibility index (Phi) is 4.32. The van der Waals surface area contributed by atoms with Crippen LogP contribution in [0, 0.1) is 5.41 Å². The van der Waals surface area contributed by atoms with Crippen molar-refractivity contribution in [1.82, 2.24) is 5.32 Å². The lowest BCUT2D eigenvalue weighted by Gasteiger charge is -2.15. The standard InChI is InChI=1S/C14H17BrN2O3/c1-2-14(5-6-14)8-16-13(20)17-11-4-3-9(15)7-10(11)12(18)19/h3-4,7H,2,5-6,8H2,1H3,(H,18,19)(H2,16,17,20). The third kappa shape index (κ3) is 3.50. The first-order chi connectivity index (χ1) is 9.46. The minimum atomic E-state index is -1.08. The van der Waals surface area contributed by atoms with Gasteiger partial charge in [0.25, 0.3) is 0 Å². The molecule has 3 N–H and O–H groups in total. The highest BCUT2D eigenvalue weighted by atomic mass is 79.9. The van der Waals surface area contributed by atoms with Crippen LogP contribution in [0.1, 0.15) is 36.5 Å². The number of rotatable bonds is 5. The number of carboxylic acid groups (broad SMARTS) is 1. The molecule has 0 heterocycles. The third-order valence-electron chi connectivity index (χ3n) is 3.79. The summed E-state index contributed by atoms with van der Waals surface area (Å²) < 4.78 is 0.656. The van der Waals surface area contributed by atoms with Crippen LogP contribution in [0.5, 0.6) is 0 Å². The largest absolute Gasteiger partial charge is 0.478 e. The van der Waals surface area contributed by atoms with Gasteiger partial charge in [-0.1, -0.05) is 22.9 Å². The average molecular weight is 341 g/mol. The van der Waals surface area contributed by atoms with Crippen molar-refractivity contribution in [3.8, 4) is 0 Å². The lowest BCUT2D eigenvalue weighted by atomic mass is 10.0. The van der Waals surface area contributed by atoms with Crippen molar-refractivity contribution in [3.63, 3.8) is 0 Å². The molecule has 2 amide bonds. The molecule has 1 aliphatic rings. The van der Waals surface area contributed by atoms with E-state index in [1.807, 2.05) is 0 Å². The van der Waals surface area contributed by atoms with E-state index in [4.69, 9.17) is 5.11 Å². The van der Waals surface area contributed by atoms with Crippen LogP contribution >= 0.6 is 15.9 Å². The summed E-state index contributed by atoms with van der Waals surface area (Å²) in [6.45, 7) is 2.75. The molecule has 1 aliphatic carbocycles. The normalized spacial score (nSPS) is 15.5. The van der Waals surface area contributed by atoms with Crippen molar-refractivity contribution in [2.45, 2.75) is 26.2 Å². The van der Waals surface area contributed by atoms with Crippen LogP contribution < -0.4 is 10.6 Å². The summed E-state index contributed by atoms with van der Waals surface area (Å²) in [5.41, 5.74) is 0.609. The second kappa shape index (κ2) is 5.83. The average Bonchev–Trinajstić information content (AvgIpc) is 3.19. The van der Waals surface area contributed by atoms with Crippen LogP contribution in [0.3, 0.4) is 0 Å². The summed E-state index contributed by atoms with van der Waals surface area (Å²) >= 11 is 3.21. The molecule has 1 saturated carbocycles. The number of amides is 2. The van der Waals surface area contributed by atoms with Gasteiger partial charge in [-0.3, -0.25) is 0 Å². The van der Waals surface area contributed by atoms with Gasteiger partial charge in [-0.15, -0.1) is 0 Å². The molecule has 0 bridgehead atoms. The van der Waals surface area contributed by atoms with Crippen molar-refractivity contribution in [3.05, 3.63) is 28.2 Å². The Hall–Kier alpha value is -1.56. The van der Waals surface area contributed by atoms with Gasteiger partial charge in [-0.05, 0) is 42.9 Å². The highest BCUT2D eigenvalue weighted by Gasteiger charge is 2.40. The Bertz CT molecular complexity index is 541. The topological polar surface area (TPSA) is 78.4 Å². The van der Waals surface area contributed by atoms with Gasteiger partial charge in [0.15, 0.2) is 0 Å². The molecular weight excluding hydrogens is 324 g/mol. The van der Waals surface area contributed by atoms with Crippen LogP contribution in [0.25, 0.3) is 0 Å². The SMILES string of the molecule is CCC1(CNC(=O)Nc2ccc(Br)cc2C(=O)O)CC1. The summed E-state index contributed by atoms with van der Waals surface area (Å²) in [5.74, 6) is -1.08. The van der Waals surface area contributed by atoms with Gasteiger partial charge in [0, 0.05) is 11.0 Å². The van der Waals surface area contributed by atoms with Gasteiger partial charge in [0.1, 0.15) is 0 Å². The molecule has 20 heavy (non-hydrogen) atoms. The van der Waals surface area contributed by atoms with E-state index in [0.717, 1.165) is 19.3 Å². The Morgan fingerprint density at radius 1 is 1.40 bits per heavy atom. The minimum absolute atomic E-state index is 0.0613. The van der Waals surface area contributed by atoms with Crippen LogP contribution in [0.2, 0.25) is 0 Å². The van der Waals surface area contributed by atoms with Crippen LogP contribution in [0.15, 0.2) is 22.7 Å². The molecule has 0 aliphatic heterocycles. The predicted molar refractivity (Wildman–Crippen MR) is 80.1 cm³/mol. The number of hydrogen-bond donors (Lipinski definition) is 3. The van der Waals surface area contributed by atoms with Crippen molar-refractivity contribution >= 4 is 33.6 Å². The van der Waals surface area contributed by atoms with E-state index in [0.29, 0.717) is 16.7 Å². The zero-order valence-electron chi connectivity index (χ0n) is 11.2. The quantitative estimate of drug-likeness (QED) is 0.767. The highest BCUT2D eigenvalue weighted by Crippen LogP contribution is 2.47. The zero-order valence-corrected chi connectivity index (χ0v) is 12.8. The number of carboxylic acids is 1. The summed E-state index contributed by atoms with van der Waals surface area (Å²) in [6, 6.07) is 4.36. The summed E-state index contributed by atoms with van der Waals surface area (Å²) in [6.07, 6.45) is 3.33. The summed E-state index contributed by atoms with van der Waals surface area (Å²) in [7, 11) is 0. The van der Waals surface area contributed by atoms with Crippen molar-refractivity contribution < 1.29 is 14.7 Å². The van der Waals surface area contributed by atoms with Gasteiger partial charge in [0.2, 0.25) is 0 Å². The number of aromatic carboxylic acids is 1. The molecule has 2 rings (SSSR count). The third-order valence-corrected chi connectivity index (χ3v) is 4.28. The Balaban J connectivity index is 1.99. The van der Waals surface area contributed by atoms with Crippen LogP contribution in [0.4, 0.5) is 10.5 Å². The van der Waals surface area contributed by atoms with Gasteiger partial charge in [0.05, 0.1) is 11.3 Å². The Morgan fingerprint density at radius 2 is 2.10 bits per heavy atom. The minimum Gasteiger partial charge on any atom is -0.478 e. The van der Waals surface area contributed by atoms with Crippen LogP contribution in [-0.4, -0.2) is 23.7 Å². The number of hydrogen-bond acceptors (Lipinski definition) is 2. The van der Waals surface area contributed by atoms with E-state index in [9.17, 15) is 9.59 Å². The fraction of sp³-hybridized carbons (Fsp3) is 0.429. The predicted octanol–water partition coefficient (Wildman–Crippen LogP) is 3.46. The number of benzene rings is 1. The van der Waals surface area contributed by atoms with E-state index >= 15 is 0 Å². The molecule has 1 aromatic rings. The van der Waals surface area contributed by atoms with Gasteiger partial charge in [-0.25, -0.2) is 9.59 Å². The fourth-order valence-corrected chi connectivity index (χ4v) is 2.43.